The topological polar surface area (TPSA) is 101 Å². The van der Waals surface area contributed by atoms with E-state index in [0.717, 1.165) is 33.7 Å². The molecule has 9 heteroatoms. The van der Waals surface area contributed by atoms with Crippen molar-refractivity contribution in [3.05, 3.63) is 18.2 Å². The Labute approximate surface area is 173 Å². The molecular weight excluding hydrogens is 392 g/mol. The van der Waals surface area contributed by atoms with Gasteiger partial charge < -0.3 is 15.4 Å². The molecule has 0 bridgehead atoms. The molecule has 2 N–H and O–H groups in total. The number of rotatable bonds is 9. The molecule has 0 atom stereocenters. The summed E-state index contributed by atoms with van der Waals surface area (Å²) in [5.41, 5.74) is -0.152. The second-order valence-electron chi connectivity index (χ2n) is 7.03. The van der Waals surface area contributed by atoms with Gasteiger partial charge in [-0.2, -0.15) is 0 Å². The van der Waals surface area contributed by atoms with E-state index in [2.05, 4.69) is 15.6 Å². The summed E-state index contributed by atoms with van der Waals surface area (Å²) < 4.78 is 6.36. The number of ether oxygens (including phenoxy) is 1. The normalized spacial score (nSPS) is 15.6. The monoisotopic (exact) mass is 418 g/mol. The minimum absolute atomic E-state index is 0.327. The summed E-state index contributed by atoms with van der Waals surface area (Å²) in [5.74, 6) is -0.0440. The van der Waals surface area contributed by atoms with Crippen LogP contribution < -0.4 is 15.4 Å². The second kappa shape index (κ2) is 8.77. The number of anilines is 1. The highest BCUT2D eigenvalue weighted by Gasteiger charge is 2.50. The van der Waals surface area contributed by atoms with Gasteiger partial charge in [0.2, 0.25) is 5.91 Å². The fourth-order valence-corrected chi connectivity index (χ4v) is 4.56. The SMILES string of the molecule is CCCC1(CCC)NC(=O)N(CC(=O)Nc2nc3ccc(OCC)cc3s2)C1=O. The summed E-state index contributed by atoms with van der Waals surface area (Å²) in [6.07, 6.45) is 2.65. The predicted molar refractivity (Wildman–Crippen MR) is 112 cm³/mol. The third kappa shape index (κ3) is 4.34. The Balaban J connectivity index is 1.69. The van der Waals surface area contributed by atoms with Gasteiger partial charge in [-0.15, -0.1) is 0 Å². The molecule has 0 spiro atoms. The van der Waals surface area contributed by atoms with Crippen molar-refractivity contribution in [2.45, 2.75) is 52.0 Å². The minimum atomic E-state index is -0.896. The Morgan fingerprint density at radius 1 is 1.24 bits per heavy atom. The first-order chi connectivity index (χ1) is 13.9. The maximum absolute atomic E-state index is 12.9. The van der Waals surface area contributed by atoms with Crippen molar-refractivity contribution in [2.24, 2.45) is 0 Å². The Morgan fingerprint density at radius 3 is 2.62 bits per heavy atom. The number of hydrogen-bond acceptors (Lipinski definition) is 6. The van der Waals surface area contributed by atoms with Gasteiger partial charge in [-0.1, -0.05) is 38.0 Å². The van der Waals surface area contributed by atoms with E-state index in [0.29, 0.717) is 24.6 Å². The highest BCUT2D eigenvalue weighted by Crippen LogP contribution is 2.30. The van der Waals surface area contributed by atoms with E-state index in [1.807, 2.05) is 39.0 Å². The third-order valence-electron chi connectivity index (χ3n) is 4.82. The molecule has 2 heterocycles. The fourth-order valence-electron chi connectivity index (χ4n) is 3.65. The quantitative estimate of drug-likeness (QED) is 0.607. The smallest absolute Gasteiger partial charge is 0.325 e. The van der Waals surface area contributed by atoms with Crippen LogP contribution in [0.25, 0.3) is 10.2 Å². The van der Waals surface area contributed by atoms with Crippen LogP contribution >= 0.6 is 11.3 Å². The van der Waals surface area contributed by atoms with E-state index < -0.39 is 17.5 Å². The maximum atomic E-state index is 12.9. The lowest BCUT2D eigenvalue weighted by Gasteiger charge is -2.25. The largest absolute Gasteiger partial charge is 0.494 e. The molecule has 1 aliphatic heterocycles. The predicted octanol–water partition coefficient (Wildman–Crippen LogP) is 3.52. The van der Waals surface area contributed by atoms with Crippen LogP contribution in [0.4, 0.5) is 9.93 Å². The van der Waals surface area contributed by atoms with Gasteiger partial charge >= 0.3 is 6.03 Å². The Kier molecular flexibility index (Phi) is 6.36. The number of amides is 4. The summed E-state index contributed by atoms with van der Waals surface area (Å²) in [7, 11) is 0. The van der Waals surface area contributed by atoms with Crippen molar-refractivity contribution in [3.8, 4) is 5.75 Å². The Bertz CT molecular complexity index is 920. The molecule has 0 saturated carbocycles. The van der Waals surface area contributed by atoms with E-state index in [4.69, 9.17) is 4.74 Å². The van der Waals surface area contributed by atoms with Crippen molar-refractivity contribution >= 4 is 44.5 Å². The lowest BCUT2D eigenvalue weighted by molar-refractivity contribution is -0.134. The number of fused-ring (bicyclic) bond motifs is 1. The molecule has 1 aromatic heterocycles. The van der Waals surface area contributed by atoms with Crippen LogP contribution in [0.1, 0.15) is 46.5 Å². The van der Waals surface area contributed by atoms with Crippen LogP contribution in [-0.4, -0.2) is 46.4 Å². The molecule has 0 radical (unpaired) electrons. The van der Waals surface area contributed by atoms with Crippen LogP contribution in [-0.2, 0) is 9.59 Å². The average molecular weight is 419 g/mol. The number of imide groups is 1. The van der Waals surface area contributed by atoms with Gasteiger partial charge in [0.25, 0.3) is 5.91 Å². The van der Waals surface area contributed by atoms with Gasteiger partial charge in [-0.3, -0.25) is 14.5 Å². The number of carbonyl (C=O) groups is 3. The van der Waals surface area contributed by atoms with Crippen LogP contribution in [0.3, 0.4) is 0 Å². The van der Waals surface area contributed by atoms with Gasteiger partial charge in [0.1, 0.15) is 17.8 Å². The molecule has 1 fully saturated rings. The number of urea groups is 1. The number of aromatic nitrogens is 1. The van der Waals surface area contributed by atoms with Crippen molar-refractivity contribution in [1.82, 2.24) is 15.2 Å². The average Bonchev–Trinajstić information content (AvgIpc) is 3.16. The summed E-state index contributed by atoms with van der Waals surface area (Å²) in [4.78, 5) is 43.1. The lowest BCUT2D eigenvalue weighted by atomic mass is 9.88. The second-order valence-corrected chi connectivity index (χ2v) is 8.06. The molecule has 3 rings (SSSR count). The zero-order valence-corrected chi connectivity index (χ0v) is 17.7. The van der Waals surface area contributed by atoms with Crippen LogP contribution in [0.5, 0.6) is 5.75 Å². The molecule has 156 valence electrons. The molecule has 2 aromatic rings. The molecule has 1 saturated heterocycles. The zero-order chi connectivity index (χ0) is 21.0. The first-order valence-corrected chi connectivity index (χ1v) is 10.7. The van der Waals surface area contributed by atoms with Crippen LogP contribution in [0.15, 0.2) is 18.2 Å². The minimum Gasteiger partial charge on any atom is -0.494 e. The van der Waals surface area contributed by atoms with Crippen molar-refractivity contribution < 1.29 is 19.1 Å². The number of carbonyl (C=O) groups excluding carboxylic acids is 3. The first kappa shape index (κ1) is 21.0. The van der Waals surface area contributed by atoms with E-state index in [9.17, 15) is 14.4 Å². The maximum Gasteiger partial charge on any atom is 0.325 e. The number of nitrogens with one attached hydrogen (secondary N) is 2. The van der Waals surface area contributed by atoms with Gasteiger partial charge in [0.05, 0.1) is 16.8 Å². The molecule has 29 heavy (non-hydrogen) atoms. The van der Waals surface area contributed by atoms with Gasteiger partial charge in [0.15, 0.2) is 5.13 Å². The van der Waals surface area contributed by atoms with Crippen LogP contribution in [0.2, 0.25) is 0 Å². The molecule has 0 unspecified atom stereocenters. The van der Waals surface area contributed by atoms with Crippen LogP contribution in [0, 0.1) is 0 Å². The van der Waals surface area contributed by atoms with Gasteiger partial charge in [-0.05, 0) is 38.0 Å². The Morgan fingerprint density at radius 2 is 1.97 bits per heavy atom. The summed E-state index contributed by atoms with van der Waals surface area (Å²) in [5, 5.41) is 5.92. The fraction of sp³-hybridized carbons (Fsp3) is 0.500. The molecule has 1 aromatic carbocycles. The zero-order valence-electron chi connectivity index (χ0n) is 16.9. The van der Waals surface area contributed by atoms with E-state index in [1.165, 1.54) is 11.3 Å². The molecular formula is C20H26N4O4S. The number of nitrogens with zero attached hydrogens (tertiary/aromatic N) is 2. The van der Waals surface area contributed by atoms with E-state index in [1.54, 1.807) is 0 Å². The highest BCUT2D eigenvalue weighted by atomic mass is 32.1. The summed E-state index contributed by atoms with van der Waals surface area (Å²) >= 11 is 1.31. The lowest BCUT2D eigenvalue weighted by Crippen LogP contribution is -2.47. The number of benzene rings is 1. The Hall–Kier alpha value is -2.68. The molecule has 8 nitrogen and oxygen atoms in total. The highest BCUT2D eigenvalue weighted by molar-refractivity contribution is 7.22. The standard InChI is InChI=1S/C20H26N4O4S/c1-4-9-20(10-5-2)17(26)24(19(27)23-20)12-16(25)22-18-21-14-8-7-13(28-6-3)11-15(14)29-18/h7-8,11H,4-6,9-10,12H2,1-3H3,(H,23,27)(H,21,22,25). The number of hydrogen-bond donors (Lipinski definition) is 2. The third-order valence-corrected chi connectivity index (χ3v) is 5.75. The number of thiazole rings is 1. The first-order valence-electron chi connectivity index (χ1n) is 9.89. The van der Waals surface area contributed by atoms with Crippen molar-refractivity contribution in [3.63, 3.8) is 0 Å². The van der Waals surface area contributed by atoms with E-state index in [-0.39, 0.29) is 12.5 Å². The van der Waals surface area contributed by atoms with Gasteiger partial charge in [-0.25, -0.2) is 9.78 Å². The van der Waals surface area contributed by atoms with Crippen molar-refractivity contribution in [1.29, 1.82) is 0 Å². The summed E-state index contributed by atoms with van der Waals surface area (Å²) in [6, 6.07) is 5.00. The molecule has 4 amide bonds. The van der Waals surface area contributed by atoms with Gasteiger partial charge in [0, 0.05) is 0 Å². The van der Waals surface area contributed by atoms with E-state index >= 15 is 0 Å². The summed E-state index contributed by atoms with van der Waals surface area (Å²) in [6.45, 7) is 6.08. The molecule has 0 aliphatic carbocycles. The van der Waals surface area contributed by atoms with Crippen molar-refractivity contribution in [2.75, 3.05) is 18.5 Å². The molecule has 1 aliphatic rings.